The number of halogens is 1. The van der Waals surface area contributed by atoms with E-state index in [1.807, 2.05) is 6.92 Å². The third kappa shape index (κ3) is 6.59. The maximum atomic E-state index is 13.2. The van der Waals surface area contributed by atoms with Crippen LogP contribution in [0.5, 0.6) is 11.5 Å². The molecule has 0 aliphatic rings. The highest BCUT2D eigenvalue weighted by Gasteiger charge is 2.17. The summed E-state index contributed by atoms with van der Waals surface area (Å²) < 4.78 is 26.0. The molecule has 0 spiro atoms. The van der Waals surface area contributed by atoms with E-state index >= 15 is 0 Å². The molecule has 8 nitrogen and oxygen atoms in total. The zero-order chi connectivity index (χ0) is 25.5. The predicted molar refractivity (Wildman–Crippen MR) is 130 cm³/mol. The number of nitrogens with one attached hydrogen (secondary N) is 2. The molecule has 35 heavy (non-hydrogen) atoms. The van der Waals surface area contributed by atoms with Crippen molar-refractivity contribution in [1.82, 2.24) is 20.6 Å². The van der Waals surface area contributed by atoms with Gasteiger partial charge in [0.2, 0.25) is 5.91 Å². The molecule has 0 unspecified atom stereocenters. The number of benzene rings is 2. The van der Waals surface area contributed by atoms with Gasteiger partial charge in [-0.15, -0.1) is 0 Å². The Labute approximate surface area is 204 Å². The number of hydrogen-bond donors (Lipinski definition) is 2. The molecule has 2 N–H and O–H groups in total. The molecule has 1 heterocycles. The normalized spacial score (nSPS) is 10.8. The number of ether oxygens (including phenoxy) is 2. The number of aromatic nitrogens is 2. The van der Waals surface area contributed by atoms with E-state index in [0.29, 0.717) is 41.0 Å². The average molecular weight is 483 g/mol. The lowest BCUT2D eigenvalue weighted by Gasteiger charge is -2.13. The lowest BCUT2D eigenvalue weighted by Crippen LogP contribution is -2.42. The Balaban J connectivity index is 1.61. The maximum absolute atomic E-state index is 13.2. The second kappa shape index (κ2) is 11.5. The summed E-state index contributed by atoms with van der Waals surface area (Å²) in [7, 11) is 1.50. The van der Waals surface area contributed by atoms with Crippen LogP contribution in [0.15, 0.2) is 42.5 Å². The topological polar surface area (TPSA) is 94.5 Å². The molecule has 0 aliphatic carbocycles. The van der Waals surface area contributed by atoms with Gasteiger partial charge in [0.25, 0.3) is 5.91 Å². The van der Waals surface area contributed by atoms with Crippen LogP contribution in [-0.2, 0) is 11.2 Å². The van der Waals surface area contributed by atoms with Crippen LogP contribution in [0, 0.1) is 25.6 Å². The van der Waals surface area contributed by atoms with Crippen LogP contribution in [0.2, 0.25) is 0 Å². The number of aryl methyl sites for hydroxylation is 1. The Morgan fingerprint density at radius 1 is 1.06 bits per heavy atom. The molecule has 186 valence electrons. The summed E-state index contributed by atoms with van der Waals surface area (Å²) in [6, 6.07) is 10.8. The van der Waals surface area contributed by atoms with E-state index in [0.717, 1.165) is 17.7 Å². The van der Waals surface area contributed by atoms with Gasteiger partial charge in [0.15, 0.2) is 11.5 Å². The second-order valence-electron chi connectivity index (χ2n) is 8.61. The Morgan fingerprint density at radius 3 is 2.43 bits per heavy atom. The predicted octanol–water partition coefficient (Wildman–Crippen LogP) is 4.07. The second-order valence-corrected chi connectivity index (χ2v) is 8.61. The van der Waals surface area contributed by atoms with Crippen molar-refractivity contribution in [2.24, 2.45) is 5.92 Å². The highest BCUT2D eigenvalue weighted by molar-refractivity contribution is 5.96. The molecule has 0 bridgehead atoms. The maximum Gasteiger partial charge on any atom is 0.269 e. The van der Waals surface area contributed by atoms with Gasteiger partial charge in [-0.25, -0.2) is 9.07 Å². The van der Waals surface area contributed by atoms with Crippen molar-refractivity contribution < 1.29 is 23.5 Å². The molecule has 0 atom stereocenters. The SMILES string of the molecule is COc1cc(C(=O)NNC(=O)Cc2c(C)nn(-c3ccc(F)cc3)c2C)ccc1OCCC(C)C. The van der Waals surface area contributed by atoms with Crippen molar-refractivity contribution in [2.45, 2.75) is 40.5 Å². The minimum atomic E-state index is -0.485. The van der Waals surface area contributed by atoms with Crippen LogP contribution >= 0.6 is 0 Å². The van der Waals surface area contributed by atoms with Crippen LogP contribution in [0.25, 0.3) is 5.69 Å². The molecular formula is C26H31FN4O4. The molecule has 0 saturated carbocycles. The van der Waals surface area contributed by atoms with Gasteiger partial charge in [-0.05, 0) is 68.7 Å². The smallest absolute Gasteiger partial charge is 0.269 e. The molecule has 9 heteroatoms. The zero-order valence-electron chi connectivity index (χ0n) is 20.6. The largest absolute Gasteiger partial charge is 0.493 e. The molecule has 0 saturated heterocycles. The molecule has 1 aromatic heterocycles. The zero-order valence-corrected chi connectivity index (χ0v) is 20.6. The van der Waals surface area contributed by atoms with Crippen molar-refractivity contribution in [1.29, 1.82) is 0 Å². The van der Waals surface area contributed by atoms with E-state index in [-0.39, 0.29) is 12.2 Å². The Morgan fingerprint density at radius 2 is 1.77 bits per heavy atom. The Bertz CT molecular complexity index is 1190. The van der Waals surface area contributed by atoms with Crippen LogP contribution in [0.4, 0.5) is 4.39 Å². The van der Waals surface area contributed by atoms with Gasteiger partial charge in [0, 0.05) is 16.8 Å². The standard InChI is InChI=1S/C26H31FN4O4/c1-16(2)12-13-35-23-11-6-19(14-24(23)34-5)26(33)29-28-25(32)15-22-17(3)30-31(18(22)4)21-9-7-20(27)8-10-21/h6-11,14,16H,12-13,15H2,1-5H3,(H,28,32)(H,29,33). The van der Waals surface area contributed by atoms with Crippen LogP contribution in [-0.4, -0.2) is 35.3 Å². The average Bonchev–Trinajstić information content (AvgIpc) is 3.11. The molecule has 0 radical (unpaired) electrons. The van der Waals surface area contributed by atoms with Gasteiger partial charge in [-0.1, -0.05) is 13.8 Å². The van der Waals surface area contributed by atoms with Crippen molar-refractivity contribution in [3.05, 3.63) is 70.8 Å². The van der Waals surface area contributed by atoms with Crippen LogP contribution in [0.1, 0.15) is 47.6 Å². The number of rotatable bonds is 9. The summed E-state index contributed by atoms with van der Waals surface area (Å²) >= 11 is 0. The van der Waals surface area contributed by atoms with Crippen molar-refractivity contribution >= 4 is 11.8 Å². The summed E-state index contributed by atoms with van der Waals surface area (Å²) in [5.41, 5.74) is 8.03. The summed E-state index contributed by atoms with van der Waals surface area (Å²) in [6.07, 6.45) is 0.921. The fourth-order valence-corrected chi connectivity index (χ4v) is 3.50. The van der Waals surface area contributed by atoms with Gasteiger partial charge in [0.1, 0.15) is 5.82 Å². The summed E-state index contributed by atoms with van der Waals surface area (Å²) in [4.78, 5) is 25.1. The monoisotopic (exact) mass is 482 g/mol. The number of carbonyl (C=O) groups is 2. The fraction of sp³-hybridized carbons (Fsp3) is 0.346. The van der Waals surface area contributed by atoms with Gasteiger partial charge in [0.05, 0.1) is 31.5 Å². The summed E-state index contributed by atoms with van der Waals surface area (Å²) in [5.74, 6) is 0.283. The highest BCUT2D eigenvalue weighted by atomic mass is 19.1. The number of methoxy groups -OCH3 is 1. The van der Waals surface area contributed by atoms with Gasteiger partial charge in [-0.2, -0.15) is 5.10 Å². The minimum Gasteiger partial charge on any atom is -0.493 e. The van der Waals surface area contributed by atoms with Gasteiger partial charge >= 0.3 is 0 Å². The first-order valence-corrected chi connectivity index (χ1v) is 11.4. The Hall–Kier alpha value is -3.88. The molecule has 2 amide bonds. The summed E-state index contributed by atoms with van der Waals surface area (Å²) in [5, 5.41) is 4.47. The molecule has 2 aromatic carbocycles. The fourth-order valence-electron chi connectivity index (χ4n) is 3.50. The number of hydrogen-bond acceptors (Lipinski definition) is 5. The van der Waals surface area contributed by atoms with Crippen LogP contribution in [0.3, 0.4) is 0 Å². The van der Waals surface area contributed by atoms with E-state index in [4.69, 9.17) is 9.47 Å². The lowest BCUT2D eigenvalue weighted by molar-refractivity contribution is -0.121. The number of amides is 2. The quantitative estimate of drug-likeness (QED) is 0.449. The Kier molecular flexibility index (Phi) is 8.46. The van der Waals surface area contributed by atoms with E-state index in [1.54, 1.807) is 41.9 Å². The number of carbonyl (C=O) groups excluding carboxylic acids is 2. The van der Waals surface area contributed by atoms with Crippen LogP contribution < -0.4 is 20.3 Å². The third-order valence-electron chi connectivity index (χ3n) is 5.54. The molecular weight excluding hydrogens is 451 g/mol. The minimum absolute atomic E-state index is 0.0189. The first-order chi connectivity index (χ1) is 16.7. The molecule has 0 aliphatic heterocycles. The first kappa shape index (κ1) is 25.7. The number of nitrogens with zero attached hydrogens (tertiary/aromatic N) is 2. The molecule has 3 aromatic rings. The van der Waals surface area contributed by atoms with E-state index in [9.17, 15) is 14.0 Å². The first-order valence-electron chi connectivity index (χ1n) is 11.4. The highest BCUT2D eigenvalue weighted by Crippen LogP contribution is 2.28. The van der Waals surface area contributed by atoms with E-state index in [2.05, 4.69) is 29.8 Å². The van der Waals surface area contributed by atoms with Crippen molar-refractivity contribution in [3.63, 3.8) is 0 Å². The summed E-state index contributed by atoms with van der Waals surface area (Å²) in [6.45, 7) is 8.41. The van der Waals surface area contributed by atoms with Crippen molar-refractivity contribution in [3.8, 4) is 17.2 Å². The lowest BCUT2D eigenvalue weighted by atomic mass is 10.1. The number of hydrazine groups is 1. The molecule has 0 fully saturated rings. The van der Waals surface area contributed by atoms with E-state index in [1.165, 1.54) is 19.2 Å². The van der Waals surface area contributed by atoms with Gasteiger partial charge in [-0.3, -0.25) is 20.4 Å². The third-order valence-corrected chi connectivity index (χ3v) is 5.54. The van der Waals surface area contributed by atoms with Gasteiger partial charge < -0.3 is 9.47 Å². The van der Waals surface area contributed by atoms with E-state index < -0.39 is 11.8 Å². The van der Waals surface area contributed by atoms with Crippen molar-refractivity contribution in [2.75, 3.05) is 13.7 Å². The molecule has 3 rings (SSSR count).